The lowest BCUT2D eigenvalue weighted by Crippen LogP contribution is -2.49. The van der Waals surface area contributed by atoms with Crippen molar-refractivity contribution in [3.05, 3.63) is 29.8 Å². The fraction of sp³-hybridized carbons (Fsp3) is 0.529. The van der Waals surface area contributed by atoms with E-state index in [1.807, 2.05) is 0 Å². The van der Waals surface area contributed by atoms with Crippen molar-refractivity contribution in [2.75, 3.05) is 24.7 Å². The lowest BCUT2D eigenvalue weighted by atomic mass is 10.1. The van der Waals surface area contributed by atoms with E-state index in [0.717, 1.165) is 25.7 Å². The molecule has 0 bridgehead atoms. The van der Waals surface area contributed by atoms with Gasteiger partial charge in [0.2, 0.25) is 15.9 Å². The average molecular weight is 365 g/mol. The fourth-order valence-corrected chi connectivity index (χ4v) is 3.87. The first-order chi connectivity index (χ1) is 11.8. The minimum Gasteiger partial charge on any atom is -0.348 e. The lowest BCUT2D eigenvalue weighted by Gasteiger charge is -2.31. The van der Waals surface area contributed by atoms with Gasteiger partial charge in [-0.25, -0.2) is 12.7 Å². The van der Waals surface area contributed by atoms with Gasteiger partial charge in [-0.15, -0.1) is 0 Å². The number of nitrogens with zero attached hydrogens (tertiary/aromatic N) is 1. The molecule has 3 rings (SSSR count). The topological polar surface area (TPSA) is 95.6 Å². The second-order valence-corrected chi connectivity index (χ2v) is 8.76. The van der Waals surface area contributed by atoms with E-state index < -0.39 is 10.0 Å². The number of carbonyl (C=O) groups excluding carboxylic acids is 2. The maximum atomic E-state index is 12.5. The highest BCUT2D eigenvalue weighted by molar-refractivity contribution is 7.88. The van der Waals surface area contributed by atoms with E-state index in [9.17, 15) is 18.0 Å². The Morgan fingerprint density at radius 2 is 1.96 bits per heavy atom. The maximum Gasteiger partial charge on any atom is 0.251 e. The molecule has 8 heteroatoms. The van der Waals surface area contributed by atoms with Gasteiger partial charge in [-0.3, -0.25) is 9.59 Å². The Kier molecular flexibility index (Phi) is 5.10. The van der Waals surface area contributed by atoms with E-state index in [-0.39, 0.29) is 23.8 Å². The molecule has 25 heavy (non-hydrogen) atoms. The van der Waals surface area contributed by atoms with Crippen LogP contribution in [0, 0.1) is 5.92 Å². The second-order valence-electron chi connectivity index (χ2n) is 6.78. The van der Waals surface area contributed by atoms with Crippen LogP contribution in [-0.4, -0.2) is 49.9 Å². The van der Waals surface area contributed by atoms with Crippen LogP contribution in [-0.2, 0) is 14.8 Å². The summed E-state index contributed by atoms with van der Waals surface area (Å²) in [6.07, 6.45) is 4.49. The van der Waals surface area contributed by atoms with Crippen molar-refractivity contribution in [3.63, 3.8) is 0 Å². The molecule has 1 heterocycles. The molecule has 2 aliphatic rings. The molecular formula is C17H23N3O4S. The van der Waals surface area contributed by atoms with E-state index in [4.69, 9.17) is 0 Å². The number of carbonyl (C=O) groups is 2. The van der Waals surface area contributed by atoms with Crippen LogP contribution in [0.15, 0.2) is 24.3 Å². The Bertz CT molecular complexity index is 774. The molecule has 0 spiro atoms. The van der Waals surface area contributed by atoms with Crippen molar-refractivity contribution in [1.29, 1.82) is 0 Å². The monoisotopic (exact) mass is 365 g/mol. The first-order valence-corrected chi connectivity index (χ1v) is 10.3. The number of sulfonamides is 1. The van der Waals surface area contributed by atoms with Gasteiger partial charge in [0.1, 0.15) is 0 Å². The van der Waals surface area contributed by atoms with E-state index in [1.165, 1.54) is 10.6 Å². The average Bonchev–Trinajstić information content (AvgIpc) is 3.39. The third-order valence-electron chi connectivity index (χ3n) is 4.53. The molecule has 1 atom stereocenters. The Morgan fingerprint density at radius 1 is 1.20 bits per heavy atom. The lowest BCUT2D eigenvalue weighted by molar-refractivity contribution is -0.117. The molecule has 136 valence electrons. The third kappa shape index (κ3) is 4.79. The smallest absolute Gasteiger partial charge is 0.251 e. The zero-order chi connectivity index (χ0) is 18.0. The number of benzene rings is 1. The van der Waals surface area contributed by atoms with Crippen LogP contribution in [0.1, 0.15) is 36.0 Å². The van der Waals surface area contributed by atoms with Gasteiger partial charge in [-0.1, -0.05) is 6.07 Å². The van der Waals surface area contributed by atoms with Crippen LogP contribution in [0.2, 0.25) is 0 Å². The molecule has 2 fully saturated rings. The third-order valence-corrected chi connectivity index (χ3v) is 5.80. The molecular weight excluding hydrogens is 342 g/mol. The summed E-state index contributed by atoms with van der Waals surface area (Å²) in [5.41, 5.74) is 1.05. The first kappa shape index (κ1) is 17.9. The predicted octanol–water partition coefficient (Wildman–Crippen LogP) is 1.19. The Morgan fingerprint density at radius 3 is 2.64 bits per heavy atom. The minimum atomic E-state index is -3.25. The number of nitrogens with one attached hydrogen (secondary N) is 2. The summed E-state index contributed by atoms with van der Waals surface area (Å²) in [4.78, 5) is 24.3. The Balaban J connectivity index is 1.61. The molecule has 1 aliphatic carbocycles. The zero-order valence-corrected chi connectivity index (χ0v) is 15.0. The zero-order valence-electron chi connectivity index (χ0n) is 14.2. The standard InChI is InChI=1S/C17H23N3O4S/c1-25(23,24)20-9-3-6-15(11-20)19-17(22)13-4-2-5-14(10-13)18-16(21)12-7-8-12/h2,4-5,10,12,15H,3,6-9,11H2,1H3,(H,18,21)(H,19,22)/t15-/m1/s1. The molecule has 1 saturated heterocycles. The molecule has 2 N–H and O–H groups in total. The summed E-state index contributed by atoms with van der Waals surface area (Å²) in [7, 11) is -3.25. The molecule has 0 unspecified atom stereocenters. The normalized spacial score (nSPS) is 21.6. The van der Waals surface area contributed by atoms with E-state index in [0.29, 0.717) is 24.3 Å². The molecule has 7 nitrogen and oxygen atoms in total. The van der Waals surface area contributed by atoms with Crippen LogP contribution in [0.3, 0.4) is 0 Å². The summed E-state index contributed by atoms with van der Waals surface area (Å²) in [6.45, 7) is 0.788. The van der Waals surface area contributed by atoms with Gasteiger partial charge in [-0.05, 0) is 43.9 Å². The van der Waals surface area contributed by atoms with E-state index in [2.05, 4.69) is 10.6 Å². The highest BCUT2D eigenvalue weighted by atomic mass is 32.2. The predicted molar refractivity (Wildman–Crippen MR) is 94.7 cm³/mol. The quantitative estimate of drug-likeness (QED) is 0.819. The molecule has 1 saturated carbocycles. The molecule has 2 amide bonds. The maximum absolute atomic E-state index is 12.5. The van der Waals surface area contributed by atoms with Gasteiger partial charge in [0.25, 0.3) is 5.91 Å². The van der Waals surface area contributed by atoms with Crippen LogP contribution in [0.25, 0.3) is 0 Å². The number of hydrogen-bond acceptors (Lipinski definition) is 4. The number of hydrogen-bond donors (Lipinski definition) is 2. The number of anilines is 1. The van der Waals surface area contributed by atoms with Crippen molar-refractivity contribution >= 4 is 27.5 Å². The summed E-state index contributed by atoms with van der Waals surface area (Å²) in [5.74, 6) is -0.168. The minimum absolute atomic E-state index is 0.00590. The van der Waals surface area contributed by atoms with Crippen molar-refractivity contribution in [1.82, 2.24) is 9.62 Å². The van der Waals surface area contributed by atoms with Crippen molar-refractivity contribution in [2.45, 2.75) is 31.7 Å². The Hall–Kier alpha value is -1.93. The van der Waals surface area contributed by atoms with E-state index in [1.54, 1.807) is 24.3 Å². The van der Waals surface area contributed by atoms with Gasteiger partial charge in [-0.2, -0.15) is 0 Å². The van der Waals surface area contributed by atoms with Crippen LogP contribution in [0.5, 0.6) is 0 Å². The molecule has 1 aromatic rings. The number of rotatable bonds is 5. The van der Waals surface area contributed by atoms with Gasteiger partial charge in [0.05, 0.1) is 6.26 Å². The number of piperidine rings is 1. The van der Waals surface area contributed by atoms with Gasteiger partial charge in [0, 0.05) is 36.3 Å². The molecule has 1 aromatic carbocycles. The van der Waals surface area contributed by atoms with Gasteiger partial charge in [0.15, 0.2) is 0 Å². The highest BCUT2D eigenvalue weighted by Gasteiger charge is 2.30. The first-order valence-electron chi connectivity index (χ1n) is 8.50. The van der Waals surface area contributed by atoms with Gasteiger partial charge >= 0.3 is 0 Å². The second kappa shape index (κ2) is 7.13. The number of amides is 2. The van der Waals surface area contributed by atoms with Crippen LogP contribution >= 0.6 is 0 Å². The van der Waals surface area contributed by atoms with Crippen LogP contribution in [0.4, 0.5) is 5.69 Å². The summed E-state index contributed by atoms with van der Waals surface area (Å²) in [5, 5.41) is 5.72. The Labute approximate surface area is 147 Å². The van der Waals surface area contributed by atoms with E-state index >= 15 is 0 Å². The van der Waals surface area contributed by atoms with Crippen LogP contribution < -0.4 is 10.6 Å². The highest BCUT2D eigenvalue weighted by Crippen LogP contribution is 2.30. The SMILES string of the molecule is CS(=O)(=O)N1CCC[C@@H](NC(=O)c2cccc(NC(=O)C3CC3)c2)C1. The molecule has 0 radical (unpaired) electrons. The summed E-state index contributed by atoms with van der Waals surface area (Å²) in [6, 6.07) is 6.59. The van der Waals surface area contributed by atoms with Gasteiger partial charge < -0.3 is 10.6 Å². The summed E-state index contributed by atoms with van der Waals surface area (Å²) < 4.78 is 24.7. The fourth-order valence-electron chi connectivity index (χ4n) is 2.96. The summed E-state index contributed by atoms with van der Waals surface area (Å²) >= 11 is 0. The molecule has 1 aliphatic heterocycles. The molecule has 0 aromatic heterocycles. The van der Waals surface area contributed by atoms with Crippen molar-refractivity contribution in [3.8, 4) is 0 Å². The largest absolute Gasteiger partial charge is 0.348 e. The van der Waals surface area contributed by atoms with Crippen molar-refractivity contribution in [2.24, 2.45) is 5.92 Å². The van der Waals surface area contributed by atoms with Crippen molar-refractivity contribution < 1.29 is 18.0 Å².